The van der Waals surface area contributed by atoms with Crippen molar-refractivity contribution in [1.82, 2.24) is 14.9 Å². The van der Waals surface area contributed by atoms with E-state index in [2.05, 4.69) is 9.88 Å². The fourth-order valence-corrected chi connectivity index (χ4v) is 3.80. The predicted molar refractivity (Wildman–Crippen MR) is 115 cm³/mol. The van der Waals surface area contributed by atoms with Gasteiger partial charge in [-0.25, -0.2) is 14.2 Å². The summed E-state index contributed by atoms with van der Waals surface area (Å²) in [4.78, 5) is 36.9. The topological polar surface area (TPSA) is 92.0 Å². The van der Waals surface area contributed by atoms with E-state index in [0.29, 0.717) is 25.4 Å². The highest BCUT2D eigenvalue weighted by Crippen LogP contribution is 2.29. The lowest BCUT2D eigenvalue weighted by atomic mass is 10.1. The molecule has 31 heavy (non-hydrogen) atoms. The quantitative estimate of drug-likeness (QED) is 0.683. The molecule has 2 aromatic rings. The number of carbonyl (C=O) groups excluding carboxylic acids is 2. The van der Waals surface area contributed by atoms with Crippen molar-refractivity contribution < 1.29 is 18.8 Å². The molecular formula is C22H28FN5O3. The molecule has 2 N–H and O–H groups in total. The van der Waals surface area contributed by atoms with Crippen molar-refractivity contribution in [2.75, 3.05) is 24.6 Å². The van der Waals surface area contributed by atoms with Crippen molar-refractivity contribution in [3.63, 3.8) is 0 Å². The molecule has 8 nitrogen and oxygen atoms in total. The number of aryl methyl sites for hydroxylation is 1. The van der Waals surface area contributed by atoms with Crippen LogP contribution in [-0.2, 0) is 16.2 Å². The number of carbonyl (C=O) groups is 2. The largest absolute Gasteiger partial charge is 0.351 e. The normalized spacial score (nSPS) is 16.3. The number of rotatable bonds is 7. The average molecular weight is 429 g/mol. The minimum Gasteiger partial charge on any atom is -0.351 e. The van der Waals surface area contributed by atoms with E-state index in [1.54, 1.807) is 24.3 Å². The van der Waals surface area contributed by atoms with Crippen molar-refractivity contribution in [2.24, 2.45) is 5.73 Å². The molecule has 1 aromatic heterocycles. The summed E-state index contributed by atoms with van der Waals surface area (Å²) in [6.07, 6.45) is 2.28. The van der Waals surface area contributed by atoms with E-state index in [9.17, 15) is 14.0 Å². The van der Waals surface area contributed by atoms with E-state index in [4.69, 9.17) is 10.6 Å². The Hall–Kier alpha value is -3.04. The molecule has 0 aliphatic carbocycles. The summed E-state index contributed by atoms with van der Waals surface area (Å²) >= 11 is 0. The van der Waals surface area contributed by atoms with Crippen LogP contribution < -0.4 is 10.6 Å². The molecular weight excluding hydrogens is 401 g/mol. The Kier molecular flexibility index (Phi) is 7.19. The van der Waals surface area contributed by atoms with E-state index in [0.717, 1.165) is 29.1 Å². The molecule has 1 aliphatic rings. The monoisotopic (exact) mass is 429 g/mol. The Balaban J connectivity index is 1.79. The molecule has 0 radical (unpaired) electrons. The highest BCUT2D eigenvalue weighted by molar-refractivity contribution is 5.98. The Bertz CT molecular complexity index is 937. The number of hydroxylamine groups is 2. The number of amides is 3. The number of pyridine rings is 1. The van der Waals surface area contributed by atoms with Gasteiger partial charge in [-0.15, -0.1) is 0 Å². The second-order valence-corrected chi connectivity index (χ2v) is 7.56. The molecule has 0 bridgehead atoms. The highest BCUT2D eigenvalue weighted by Gasteiger charge is 2.30. The SMILES string of the molecule is CCON(C(C)=O)C1CCN(Cc2ccc(F)c(N(C(N)=O)c3ccc(C)nc3)c2)C1. The minimum atomic E-state index is -0.795. The molecule has 1 aromatic carbocycles. The maximum Gasteiger partial charge on any atom is 0.324 e. The van der Waals surface area contributed by atoms with Crippen LogP contribution in [0.25, 0.3) is 0 Å². The average Bonchev–Trinajstić information content (AvgIpc) is 3.17. The molecule has 1 atom stereocenters. The van der Waals surface area contributed by atoms with Crippen LogP contribution in [0.5, 0.6) is 0 Å². The maximum atomic E-state index is 14.7. The molecule has 3 rings (SSSR count). The highest BCUT2D eigenvalue weighted by atomic mass is 19.1. The van der Waals surface area contributed by atoms with Gasteiger partial charge >= 0.3 is 6.03 Å². The number of nitrogens with two attached hydrogens (primary N) is 1. The number of nitrogens with zero attached hydrogens (tertiary/aromatic N) is 4. The zero-order valence-electron chi connectivity index (χ0n) is 18.0. The number of likely N-dealkylation sites (tertiary alicyclic amines) is 1. The second kappa shape index (κ2) is 9.84. The number of halogens is 1. The van der Waals surface area contributed by atoms with Gasteiger partial charge in [0.25, 0.3) is 0 Å². The smallest absolute Gasteiger partial charge is 0.324 e. The molecule has 0 spiro atoms. The summed E-state index contributed by atoms with van der Waals surface area (Å²) in [5.41, 5.74) is 7.63. The van der Waals surface area contributed by atoms with Crippen molar-refractivity contribution in [2.45, 2.75) is 39.8 Å². The van der Waals surface area contributed by atoms with Crippen LogP contribution in [0.4, 0.5) is 20.6 Å². The number of primary amides is 1. The lowest BCUT2D eigenvalue weighted by Crippen LogP contribution is -2.40. The summed E-state index contributed by atoms with van der Waals surface area (Å²) < 4.78 is 14.7. The molecule has 166 valence electrons. The van der Waals surface area contributed by atoms with E-state index in [-0.39, 0.29) is 17.6 Å². The summed E-state index contributed by atoms with van der Waals surface area (Å²) in [7, 11) is 0. The van der Waals surface area contributed by atoms with Gasteiger partial charge in [0.1, 0.15) is 5.82 Å². The second-order valence-electron chi connectivity index (χ2n) is 7.56. The van der Waals surface area contributed by atoms with Crippen molar-refractivity contribution >= 4 is 23.3 Å². The standard InChI is InChI=1S/C22H28FN5O3/c1-4-31-28(16(3)29)19-9-10-26(14-19)13-17-6-8-20(23)21(11-17)27(22(24)30)18-7-5-15(2)25-12-18/h5-8,11-12,19H,4,9-10,13-14H2,1-3H3,(H2,24,30). The van der Waals surface area contributed by atoms with Crippen molar-refractivity contribution in [3.8, 4) is 0 Å². The first-order valence-corrected chi connectivity index (χ1v) is 10.3. The molecule has 3 amide bonds. The van der Waals surface area contributed by atoms with Gasteiger partial charge in [-0.2, -0.15) is 0 Å². The molecule has 1 fully saturated rings. The molecule has 1 saturated heterocycles. The Morgan fingerprint density at radius 1 is 1.32 bits per heavy atom. The number of hydrogen-bond acceptors (Lipinski definition) is 5. The number of aromatic nitrogens is 1. The first kappa shape index (κ1) is 22.6. The summed E-state index contributed by atoms with van der Waals surface area (Å²) in [5, 5.41) is 1.44. The van der Waals surface area contributed by atoms with Gasteiger partial charge in [0, 0.05) is 32.3 Å². The molecule has 1 aliphatic heterocycles. The van der Waals surface area contributed by atoms with Gasteiger partial charge in [-0.3, -0.25) is 24.4 Å². The zero-order valence-corrected chi connectivity index (χ0v) is 18.0. The third-order valence-corrected chi connectivity index (χ3v) is 5.19. The van der Waals surface area contributed by atoms with Crippen LogP contribution in [-0.4, -0.2) is 52.6 Å². The van der Waals surface area contributed by atoms with Crippen molar-refractivity contribution in [3.05, 3.63) is 53.6 Å². The third kappa shape index (κ3) is 5.36. The number of urea groups is 1. The summed E-state index contributed by atoms with van der Waals surface area (Å²) in [6, 6.07) is 7.22. The van der Waals surface area contributed by atoms with Gasteiger partial charge < -0.3 is 5.73 Å². The third-order valence-electron chi connectivity index (χ3n) is 5.19. The molecule has 9 heteroatoms. The van der Waals surface area contributed by atoms with Gasteiger partial charge in [0.15, 0.2) is 0 Å². The number of hydrogen-bond donors (Lipinski definition) is 1. The summed E-state index contributed by atoms with van der Waals surface area (Å²) in [6.45, 7) is 7.54. The van der Waals surface area contributed by atoms with Gasteiger partial charge in [-0.05, 0) is 50.1 Å². The maximum absolute atomic E-state index is 14.7. The van der Waals surface area contributed by atoms with Crippen LogP contribution in [0.3, 0.4) is 0 Å². The number of benzene rings is 1. The lowest BCUT2D eigenvalue weighted by Gasteiger charge is -2.26. The predicted octanol–water partition coefficient (Wildman–Crippen LogP) is 3.12. The Labute approximate surface area is 181 Å². The summed E-state index contributed by atoms with van der Waals surface area (Å²) in [5.74, 6) is -0.678. The fraction of sp³-hybridized carbons (Fsp3) is 0.409. The zero-order chi connectivity index (χ0) is 22.5. The minimum absolute atomic E-state index is 0.0295. The van der Waals surface area contributed by atoms with Gasteiger partial charge in [0.05, 0.1) is 30.2 Å². The van der Waals surface area contributed by atoms with Crippen LogP contribution in [0.2, 0.25) is 0 Å². The molecule has 2 heterocycles. The molecule has 0 saturated carbocycles. The Morgan fingerprint density at radius 2 is 2.10 bits per heavy atom. The lowest BCUT2D eigenvalue weighted by molar-refractivity contribution is -0.194. The van der Waals surface area contributed by atoms with E-state index in [1.807, 2.05) is 13.8 Å². The van der Waals surface area contributed by atoms with Gasteiger partial charge in [0.2, 0.25) is 5.91 Å². The van der Waals surface area contributed by atoms with Crippen molar-refractivity contribution in [1.29, 1.82) is 0 Å². The van der Waals surface area contributed by atoms with Crippen LogP contribution >= 0.6 is 0 Å². The first-order valence-electron chi connectivity index (χ1n) is 10.3. The van der Waals surface area contributed by atoms with E-state index >= 15 is 0 Å². The van der Waals surface area contributed by atoms with Gasteiger partial charge in [-0.1, -0.05) is 6.07 Å². The first-order chi connectivity index (χ1) is 14.8. The Morgan fingerprint density at radius 3 is 2.71 bits per heavy atom. The molecule has 1 unspecified atom stereocenters. The van der Waals surface area contributed by atoms with E-state index < -0.39 is 11.8 Å². The van der Waals surface area contributed by atoms with Crippen LogP contribution in [0.1, 0.15) is 31.5 Å². The number of anilines is 2. The van der Waals surface area contributed by atoms with Crippen LogP contribution in [0.15, 0.2) is 36.5 Å². The fourth-order valence-electron chi connectivity index (χ4n) is 3.80. The van der Waals surface area contributed by atoms with Crippen LogP contribution in [0, 0.1) is 12.7 Å². The van der Waals surface area contributed by atoms with E-state index in [1.165, 1.54) is 24.3 Å².